The first-order valence-electron chi connectivity index (χ1n) is 6.89. The van der Waals surface area contributed by atoms with Gasteiger partial charge in [0.2, 0.25) is 0 Å². The zero-order valence-electron chi connectivity index (χ0n) is 11.2. The fourth-order valence-corrected chi connectivity index (χ4v) is 3.34. The van der Waals surface area contributed by atoms with Gasteiger partial charge in [-0.3, -0.25) is 0 Å². The Morgan fingerprint density at radius 1 is 1.42 bits per heavy atom. The summed E-state index contributed by atoms with van der Waals surface area (Å²) in [7, 11) is 1.63. The molecular formula is C15H19ClN2O. The van der Waals surface area contributed by atoms with Crippen LogP contribution in [0.25, 0.3) is 5.57 Å². The number of piperidine rings is 1. The lowest BCUT2D eigenvalue weighted by Crippen LogP contribution is -2.37. The van der Waals surface area contributed by atoms with Crippen LogP contribution in [0, 0.1) is 11.8 Å². The summed E-state index contributed by atoms with van der Waals surface area (Å²) in [5.41, 5.74) is 2.53. The van der Waals surface area contributed by atoms with Gasteiger partial charge >= 0.3 is 0 Å². The number of fused-ring (bicyclic) bond motifs is 1. The molecule has 19 heavy (non-hydrogen) atoms. The van der Waals surface area contributed by atoms with Crippen LogP contribution in [0.4, 0.5) is 0 Å². The molecule has 0 saturated carbocycles. The van der Waals surface area contributed by atoms with Gasteiger partial charge in [0.1, 0.15) is 0 Å². The van der Waals surface area contributed by atoms with Gasteiger partial charge in [0.25, 0.3) is 0 Å². The van der Waals surface area contributed by atoms with E-state index in [1.54, 1.807) is 7.11 Å². The Morgan fingerprint density at radius 2 is 2.32 bits per heavy atom. The van der Waals surface area contributed by atoms with Crippen molar-refractivity contribution in [1.82, 2.24) is 10.3 Å². The molecule has 2 heterocycles. The Balaban J connectivity index is 1.87. The van der Waals surface area contributed by atoms with E-state index >= 15 is 0 Å². The van der Waals surface area contributed by atoms with Crippen molar-refractivity contribution in [2.45, 2.75) is 19.3 Å². The number of nitrogens with one attached hydrogen (secondary N) is 1. The van der Waals surface area contributed by atoms with Crippen molar-refractivity contribution in [3.05, 3.63) is 29.1 Å². The lowest BCUT2D eigenvalue weighted by molar-refractivity contribution is 0.279. The molecule has 1 aliphatic carbocycles. The summed E-state index contributed by atoms with van der Waals surface area (Å²) in [6.07, 6.45) is 7.99. The van der Waals surface area contributed by atoms with Gasteiger partial charge in [-0.05, 0) is 54.8 Å². The SMILES string of the molecule is COc1cc(C2=C[C@@H]3CNCC[C@@H]3CC2)cnc1Cl. The maximum Gasteiger partial charge on any atom is 0.171 e. The second-order valence-electron chi connectivity index (χ2n) is 5.36. The van der Waals surface area contributed by atoms with Crippen LogP contribution in [0.2, 0.25) is 5.15 Å². The number of hydrogen-bond acceptors (Lipinski definition) is 3. The Hall–Kier alpha value is -1.06. The van der Waals surface area contributed by atoms with Crippen LogP contribution < -0.4 is 10.1 Å². The predicted molar refractivity (Wildman–Crippen MR) is 77.5 cm³/mol. The second kappa shape index (κ2) is 5.51. The zero-order chi connectivity index (χ0) is 13.2. The topological polar surface area (TPSA) is 34.1 Å². The molecule has 1 aliphatic heterocycles. The average molecular weight is 279 g/mol. The maximum absolute atomic E-state index is 5.98. The fraction of sp³-hybridized carbons (Fsp3) is 0.533. The summed E-state index contributed by atoms with van der Waals surface area (Å²) in [5.74, 6) is 2.18. The molecule has 3 rings (SSSR count). The molecule has 0 radical (unpaired) electrons. The molecular weight excluding hydrogens is 260 g/mol. The number of nitrogens with zero attached hydrogens (tertiary/aromatic N) is 1. The van der Waals surface area contributed by atoms with E-state index in [2.05, 4.69) is 16.4 Å². The summed E-state index contributed by atoms with van der Waals surface area (Å²) >= 11 is 5.98. The number of methoxy groups -OCH3 is 1. The molecule has 1 aromatic rings. The standard InChI is InChI=1S/C15H19ClN2O/c1-19-14-7-13(9-18-15(14)16)11-3-2-10-4-5-17-8-12(10)6-11/h6-7,9-10,12,17H,2-5,8H2,1H3/t10-,12+/m0/s1. The maximum atomic E-state index is 5.98. The molecule has 4 heteroatoms. The number of pyridine rings is 1. The molecule has 1 N–H and O–H groups in total. The smallest absolute Gasteiger partial charge is 0.171 e. The van der Waals surface area contributed by atoms with Crippen LogP contribution in [0.3, 0.4) is 0 Å². The van der Waals surface area contributed by atoms with E-state index in [0.29, 0.717) is 16.8 Å². The molecule has 2 atom stereocenters. The van der Waals surface area contributed by atoms with Gasteiger partial charge in [-0.15, -0.1) is 0 Å². The Bertz CT molecular complexity index is 501. The van der Waals surface area contributed by atoms with E-state index in [1.807, 2.05) is 12.3 Å². The third-order valence-corrected chi connectivity index (χ3v) is 4.56. The largest absolute Gasteiger partial charge is 0.494 e. The molecule has 3 nitrogen and oxygen atoms in total. The van der Waals surface area contributed by atoms with Gasteiger partial charge in [-0.2, -0.15) is 0 Å². The highest BCUT2D eigenvalue weighted by Crippen LogP contribution is 2.37. The first-order chi connectivity index (χ1) is 9.28. The fourth-order valence-electron chi connectivity index (χ4n) is 3.16. The molecule has 0 aromatic carbocycles. The molecule has 0 bridgehead atoms. The lowest BCUT2D eigenvalue weighted by atomic mass is 9.76. The van der Waals surface area contributed by atoms with Crippen molar-refractivity contribution in [3.63, 3.8) is 0 Å². The minimum absolute atomic E-state index is 0.430. The lowest BCUT2D eigenvalue weighted by Gasteiger charge is -2.34. The Morgan fingerprint density at radius 3 is 3.16 bits per heavy atom. The van der Waals surface area contributed by atoms with E-state index in [0.717, 1.165) is 24.4 Å². The van der Waals surface area contributed by atoms with Crippen LogP contribution in [-0.4, -0.2) is 25.2 Å². The molecule has 0 unspecified atom stereocenters. The van der Waals surface area contributed by atoms with Crippen molar-refractivity contribution in [1.29, 1.82) is 0 Å². The first-order valence-corrected chi connectivity index (χ1v) is 7.27. The van der Waals surface area contributed by atoms with Crippen LogP contribution in [0.15, 0.2) is 18.3 Å². The molecule has 1 aromatic heterocycles. The molecule has 1 saturated heterocycles. The van der Waals surface area contributed by atoms with Gasteiger partial charge in [-0.25, -0.2) is 4.98 Å². The van der Waals surface area contributed by atoms with Gasteiger partial charge in [-0.1, -0.05) is 17.7 Å². The average Bonchev–Trinajstić information content (AvgIpc) is 2.47. The van der Waals surface area contributed by atoms with Crippen molar-refractivity contribution < 1.29 is 4.74 Å². The number of hydrogen-bond donors (Lipinski definition) is 1. The highest BCUT2D eigenvalue weighted by atomic mass is 35.5. The summed E-state index contributed by atoms with van der Waals surface area (Å²) < 4.78 is 5.25. The summed E-state index contributed by atoms with van der Waals surface area (Å²) in [6.45, 7) is 2.27. The molecule has 2 aliphatic rings. The highest BCUT2D eigenvalue weighted by molar-refractivity contribution is 6.30. The Kier molecular flexibility index (Phi) is 3.76. The normalized spacial score (nSPS) is 26.5. The van der Waals surface area contributed by atoms with Gasteiger partial charge < -0.3 is 10.1 Å². The summed E-state index contributed by atoms with van der Waals surface area (Å²) in [5, 5.41) is 3.91. The van der Waals surface area contributed by atoms with E-state index < -0.39 is 0 Å². The van der Waals surface area contributed by atoms with Gasteiger partial charge in [0.05, 0.1) is 7.11 Å². The number of rotatable bonds is 2. The molecule has 1 fully saturated rings. The Labute approximate surface area is 119 Å². The number of halogens is 1. The van der Waals surface area contributed by atoms with E-state index in [9.17, 15) is 0 Å². The number of aromatic nitrogens is 1. The van der Waals surface area contributed by atoms with Crippen LogP contribution >= 0.6 is 11.6 Å². The number of ether oxygens (including phenoxy) is 1. The van der Waals surface area contributed by atoms with Gasteiger partial charge in [0, 0.05) is 12.7 Å². The van der Waals surface area contributed by atoms with Crippen molar-refractivity contribution in [2.75, 3.05) is 20.2 Å². The van der Waals surface area contributed by atoms with Crippen LogP contribution in [0.1, 0.15) is 24.8 Å². The third kappa shape index (κ3) is 2.63. The summed E-state index contributed by atoms with van der Waals surface area (Å²) in [6, 6.07) is 2.00. The predicted octanol–water partition coefficient (Wildman–Crippen LogP) is 3.15. The first kappa shape index (κ1) is 12.9. The van der Waals surface area contributed by atoms with Crippen molar-refractivity contribution >= 4 is 17.2 Å². The van der Waals surface area contributed by atoms with Crippen LogP contribution in [-0.2, 0) is 0 Å². The van der Waals surface area contributed by atoms with E-state index in [1.165, 1.54) is 25.0 Å². The molecule has 0 spiro atoms. The van der Waals surface area contributed by atoms with Crippen LogP contribution in [0.5, 0.6) is 5.75 Å². The quantitative estimate of drug-likeness (QED) is 0.844. The minimum Gasteiger partial charge on any atom is -0.494 e. The van der Waals surface area contributed by atoms with Gasteiger partial charge in [0.15, 0.2) is 10.9 Å². The van der Waals surface area contributed by atoms with E-state index in [-0.39, 0.29) is 0 Å². The highest BCUT2D eigenvalue weighted by Gasteiger charge is 2.27. The third-order valence-electron chi connectivity index (χ3n) is 4.27. The number of allylic oxidation sites excluding steroid dienone is 1. The minimum atomic E-state index is 0.430. The monoisotopic (exact) mass is 278 g/mol. The second-order valence-corrected chi connectivity index (χ2v) is 5.72. The zero-order valence-corrected chi connectivity index (χ0v) is 11.9. The van der Waals surface area contributed by atoms with Crippen molar-refractivity contribution in [2.24, 2.45) is 11.8 Å². The molecule has 0 amide bonds. The van der Waals surface area contributed by atoms with Crippen molar-refractivity contribution in [3.8, 4) is 5.75 Å². The molecule has 102 valence electrons. The summed E-state index contributed by atoms with van der Waals surface area (Å²) in [4.78, 5) is 4.21. The van der Waals surface area contributed by atoms with E-state index in [4.69, 9.17) is 16.3 Å².